The lowest BCUT2D eigenvalue weighted by Crippen LogP contribution is -2.41. The van der Waals surface area contributed by atoms with E-state index >= 15 is 0 Å². The van der Waals surface area contributed by atoms with Crippen LogP contribution in [0.15, 0.2) is 234 Å². The van der Waals surface area contributed by atoms with Crippen LogP contribution in [0, 0.1) is 5.92 Å². The fourth-order valence-corrected chi connectivity index (χ4v) is 10.1. The van der Waals surface area contributed by atoms with Gasteiger partial charge in [0.05, 0.1) is 18.2 Å². The number of fused-ring (bicyclic) bond motifs is 6. The van der Waals surface area contributed by atoms with Gasteiger partial charge in [-0.25, -0.2) is 0 Å². The third-order valence-electron chi connectivity index (χ3n) is 12.8. The Morgan fingerprint density at radius 3 is 1.90 bits per heavy atom. The van der Waals surface area contributed by atoms with Gasteiger partial charge in [-0.15, -0.1) is 0 Å². The fourth-order valence-electron chi connectivity index (χ4n) is 10.1. The minimum Gasteiger partial charge on any atom is -0.364 e. The van der Waals surface area contributed by atoms with Crippen molar-refractivity contribution in [1.82, 2.24) is 0 Å². The number of allylic oxidation sites excluding steroid dienone is 10. The fraction of sp³-hybridized carbons (Fsp3) is 0.143. The van der Waals surface area contributed by atoms with Crippen molar-refractivity contribution in [3.63, 3.8) is 0 Å². The van der Waals surface area contributed by atoms with Crippen LogP contribution in [0.25, 0.3) is 16.7 Å². The molecule has 5 aromatic rings. The molecule has 0 radical (unpaired) electrons. The Morgan fingerprint density at radius 2 is 1.20 bits per heavy atom. The average Bonchev–Trinajstić information content (AvgIpc) is 3.70. The lowest BCUT2D eigenvalue weighted by atomic mass is 9.76. The van der Waals surface area contributed by atoms with Crippen LogP contribution in [0.3, 0.4) is 0 Å². The molecule has 4 atom stereocenters. The molecule has 0 bridgehead atoms. The number of benzene rings is 5. The molecule has 5 aromatic carbocycles. The summed E-state index contributed by atoms with van der Waals surface area (Å²) in [5.41, 5.74) is 15.5. The van der Waals surface area contributed by atoms with E-state index in [1.807, 2.05) is 0 Å². The monoisotopic (exact) mass is 762 g/mol. The minimum atomic E-state index is -0.0254. The van der Waals surface area contributed by atoms with Gasteiger partial charge in [-0.05, 0) is 123 Å². The molecule has 11 rings (SSSR count). The maximum Gasteiger partial charge on any atom is 0.0946 e. The number of nitrogens with zero attached hydrogens (tertiary/aromatic N) is 2. The SMILES string of the molecule is C1=CCC(N(C2=CC=C(C3=CC=C4C5=c6ccccc6=C6C=C(N(c7ccccc7)c7ccccc7)C=CC6C5OC4C3)CC2)c2ccccc2)C(c2ccccc2)=C1. The van der Waals surface area contributed by atoms with E-state index in [0.717, 1.165) is 42.8 Å². The van der Waals surface area contributed by atoms with Crippen LogP contribution >= 0.6 is 0 Å². The van der Waals surface area contributed by atoms with Crippen molar-refractivity contribution in [2.45, 2.75) is 43.9 Å². The van der Waals surface area contributed by atoms with Gasteiger partial charge in [-0.2, -0.15) is 0 Å². The highest BCUT2D eigenvalue weighted by molar-refractivity contribution is 5.84. The van der Waals surface area contributed by atoms with Gasteiger partial charge in [0.2, 0.25) is 0 Å². The van der Waals surface area contributed by atoms with Gasteiger partial charge in [0.1, 0.15) is 0 Å². The van der Waals surface area contributed by atoms with E-state index in [-0.39, 0.29) is 24.2 Å². The number of hydrogen-bond acceptors (Lipinski definition) is 3. The Hall–Kier alpha value is -6.68. The van der Waals surface area contributed by atoms with Gasteiger partial charge in [0.25, 0.3) is 0 Å². The smallest absolute Gasteiger partial charge is 0.0946 e. The topological polar surface area (TPSA) is 15.7 Å². The van der Waals surface area contributed by atoms with E-state index in [2.05, 4.69) is 216 Å². The molecule has 1 saturated heterocycles. The average molecular weight is 763 g/mol. The van der Waals surface area contributed by atoms with Crippen molar-refractivity contribution in [3.8, 4) is 0 Å². The molecule has 59 heavy (non-hydrogen) atoms. The molecule has 1 heterocycles. The van der Waals surface area contributed by atoms with Gasteiger partial charge >= 0.3 is 0 Å². The Morgan fingerprint density at radius 1 is 0.559 bits per heavy atom. The van der Waals surface area contributed by atoms with E-state index < -0.39 is 0 Å². The molecule has 0 aromatic heterocycles. The van der Waals surface area contributed by atoms with Crippen LogP contribution in [0.4, 0.5) is 17.1 Å². The quantitative estimate of drug-likeness (QED) is 0.157. The van der Waals surface area contributed by atoms with Crippen molar-refractivity contribution in [2.75, 3.05) is 9.80 Å². The molecule has 4 unspecified atom stereocenters. The Bertz CT molecular complexity index is 2760. The van der Waals surface area contributed by atoms with E-state index in [0.29, 0.717) is 0 Å². The van der Waals surface area contributed by atoms with Crippen LogP contribution in [0.2, 0.25) is 0 Å². The maximum absolute atomic E-state index is 7.21. The maximum atomic E-state index is 7.21. The van der Waals surface area contributed by atoms with E-state index in [4.69, 9.17) is 4.74 Å². The summed E-state index contributed by atoms with van der Waals surface area (Å²) >= 11 is 0. The molecule has 3 nitrogen and oxygen atoms in total. The van der Waals surface area contributed by atoms with Crippen molar-refractivity contribution in [2.24, 2.45) is 5.92 Å². The summed E-state index contributed by atoms with van der Waals surface area (Å²) in [4.78, 5) is 4.95. The van der Waals surface area contributed by atoms with Gasteiger partial charge in [-0.1, -0.05) is 152 Å². The molecule has 5 aliphatic carbocycles. The zero-order valence-corrected chi connectivity index (χ0v) is 33.1. The van der Waals surface area contributed by atoms with Crippen LogP contribution in [-0.2, 0) is 4.74 Å². The first-order valence-electron chi connectivity index (χ1n) is 21.2. The number of anilines is 3. The number of rotatable bonds is 8. The van der Waals surface area contributed by atoms with Crippen molar-refractivity contribution in [1.29, 1.82) is 0 Å². The van der Waals surface area contributed by atoms with Crippen molar-refractivity contribution < 1.29 is 4.74 Å². The second kappa shape index (κ2) is 15.2. The second-order valence-corrected chi connectivity index (χ2v) is 16.2. The third kappa shape index (κ3) is 6.43. The van der Waals surface area contributed by atoms with Crippen LogP contribution in [0.1, 0.15) is 31.2 Å². The van der Waals surface area contributed by atoms with Crippen LogP contribution < -0.4 is 20.2 Å². The van der Waals surface area contributed by atoms with Gasteiger partial charge in [-0.3, -0.25) is 0 Å². The second-order valence-electron chi connectivity index (χ2n) is 16.2. The molecule has 0 saturated carbocycles. The lowest BCUT2D eigenvalue weighted by molar-refractivity contribution is 0.0561. The first-order chi connectivity index (χ1) is 29.3. The van der Waals surface area contributed by atoms with Gasteiger partial charge < -0.3 is 14.5 Å². The zero-order chi connectivity index (χ0) is 39.1. The molecule has 1 aliphatic heterocycles. The van der Waals surface area contributed by atoms with E-state index in [1.54, 1.807) is 0 Å². The predicted molar refractivity (Wildman–Crippen MR) is 244 cm³/mol. The summed E-state index contributed by atoms with van der Waals surface area (Å²) in [5.74, 6) is 0.139. The van der Waals surface area contributed by atoms with Crippen LogP contribution in [-0.4, -0.2) is 18.2 Å². The summed E-state index contributed by atoms with van der Waals surface area (Å²) < 4.78 is 7.21. The van der Waals surface area contributed by atoms with E-state index in [9.17, 15) is 0 Å². The number of ether oxygens (including phenoxy) is 1. The van der Waals surface area contributed by atoms with Crippen molar-refractivity contribution in [3.05, 3.63) is 250 Å². The molecule has 286 valence electrons. The molecular formula is C56H46N2O. The minimum absolute atomic E-state index is 0.0254. The molecule has 3 heteroatoms. The van der Waals surface area contributed by atoms with Gasteiger partial charge in [0.15, 0.2) is 0 Å². The first-order valence-corrected chi connectivity index (χ1v) is 21.2. The summed E-state index contributed by atoms with van der Waals surface area (Å²) in [5, 5.41) is 2.61. The Balaban J connectivity index is 0.931. The van der Waals surface area contributed by atoms with Gasteiger partial charge in [0, 0.05) is 40.8 Å². The Labute approximate surface area is 347 Å². The molecule has 0 spiro atoms. The molecule has 0 amide bonds. The molecular weight excluding hydrogens is 717 g/mol. The number of hydrogen-bond donors (Lipinski definition) is 0. The highest BCUT2D eigenvalue weighted by atomic mass is 16.5. The number of para-hydroxylation sites is 3. The normalized spacial score (nSPS) is 22.6. The summed E-state index contributed by atoms with van der Waals surface area (Å²) in [6.07, 6.45) is 27.3. The largest absolute Gasteiger partial charge is 0.364 e. The standard InChI is InChI=1S/C56H46N2O/c1-5-17-40(18-6-1)47-25-15-16-28-53(47)58(44-23-11-4-12-24-44)45-32-29-39(30-33-45)41-31-35-51-54(37-41)59-56-50-36-34-46(38-52(50)48-26-13-14-27-49(48)55(51)56)57(42-19-7-2-8-20-42)43-21-9-3-10-22-43/h1-27,29,31-32,34-36,38,50,53-54,56H,28,30,33,37H2. The zero-order valence-electron chi connectivity index (χ0n) is 33.1. The summed E-state index contributed by atoms with van der Waals surface area (Å²) in [6, 6.07) is 52.4. The molecule has 6 aliphatic rings. The van der Waals surface area contributed by atoms with Crippen LogP contribution in [0.5, 0.6) is 0 Å². The predicted octanol–water partition coefficient (Wildman–Crippen LogP) is 11.5. The highest BCUT2D eigenvalue weighted by Crippen LogP contribution is 2.47. The summed E-state index contributed by atoms with van der Waals surface area (Å²) in [6.45, 7) is 0. The Kier molecular flexibility index (Phi) is 9.17. The van der Waals surface area contributed by atoms with E-state index in [1.165, 1.54) is 60.8 Å². The van der Waals surface area contributed by atoms with Crippen molar-refractivity contribution >= 4 is 33.8 Å². The lowest BCUT2D eigenvalue weighted by Gasteiger charge is -2.39. The first kappa shape index (κ1) is 35.5. The molecule has 0 N–H and O–H groups in total. The summed E-state index contributed by atoms with van der Waals surface area (Å²) in [7, 11) is 0. The molecule has 1 fully saturated rings. The highest BCUT2D eigenvalue weighted by Gasteiger charge is 2.44. The third-order valence-corrected chi connectivity index (χ3v) is 12.8.